The highest BCUT2D eigenvalue weighted by atomic mass is 32.2. The van der Waals surface area contributed by atoms with E-state index in [0.29, 0.717) is 0 Å². The standard InChI is InChI=1S/C15H17FN2O2S/c1-10-6-7-11(2)13(9-10)12(3)18-21(19,20)15-14(16)5-4-8-17-15/h4-9,12,18H,1-3H3. The van der Waals surface area contributed by atoms with Crippen LogP contribution in [0.1, 0.15) is 29.7 Å². The fourth-order valence-electron chi connectivity index (χ4n) is 2.15. The summed E-state index contributed by atoms with van der Waals surface area (Å²) < 4.78 is 40.5. The molecule has 4 nitrogen and oxygen atoms in total. The summed E-state index contributed by atoms with van der Waals surface area (Å²) in [5, 5.41) is -0.581. The van der Waals surface area contributed by atoms with E-state index < -0.39 is 26.9 Å². The number of nitrogens with one attached hydrogen (secondary N) is 1. The second-order valence-corrected chi connectivity index (χ2v) is 6.62. The summed E-state index contributed by atoms with van der Waals surface area (Å²) in [4.78, 5) is 3.61. The molecule has 0 bridgehead atoms. The summed E-state index contributed by atoms with van der Waals surface area (Å²) in [5.74, 6) is -0.863. The lowest BCUT2D eigenvalue weighted by atomic mass is 10.0. The van der Waals surface area contributed by atoms with Gasteiger partial charge >= 0.3 is 0 Å². The summed E-state index contributed by atoms with van der Waals surface area (Å²) in [6.45, 7) is 5.56. The lowest BCUT2D eigenvalue weighted by Crippen LogP contribution is -2.28. The molecule has 0 aliphatic heterocycles. The maximum atomic E-state index is 13.6. The van der Waals surface area contributed by atoms with Crippen LogP contribution in [0.15, 0.2) is 41.6 Å². The number of pyridine rings is 1. The van der Waals surface area contributed by atoms with Crippen LogP contribution in [0.5, 0.6) is 0 Å². The Morgan fingerprint density at radius 3 is 2.62 bits per heavy atom. The van der Waals surface area contributed by atoms with Crippen molar-refractivity contribution in [2.45, 2.75) is 31.8 Å². The molecule has 0 radical (unpaired) electrons. The smallest absolute Gasteiger partial charge is 0.241 e. The molecule has 112 valence electrons. The van der Waals surface area contributed by atoms with Crippen molar-refractivity contribution in [3.8, 4) is 0 Å². The quantitative estimate of drug-likeness (QED) is 0.945. The molecule has 0 fully saturated rings. The van der Waals surface area contributed by atoms with Gasteiger partial charge in [0.2, 0.25) is 5.03 Å². The van der Waals surface area contributed by atoms with Crippen LogP contribution in [0.3, 0.4) is 0 Å². The van der Waals surface area contributed by atoms with Gasteiger partial charge in [0.1, 0.15) is 0 Å². The molecule has 0 saturated heterocycles. The predicted octanol–water partition coefficient (Wildman–Crippen LogP) is 2.88. The van der Waals surface area contributed by atoms with Gasteiger partial charge in [-0.3, -0.25) is 0 Å². The Balaban J connectivity index is 2.33. The zero-order valence-corrected chi connectivity index (χ0v) is 12.9. The first-order valence-corrected chi connectivity index (χ1v) is 7.99. The molecule has 0 spiro atoms. The van der Waals surface area contributed by atoms with Crippen LogP contribution in [0.4, 0.5) is 4.39 Å². The first kappa shape index (κ1) is 15.6. The van der Waals surface area contributed by atoms with Crippen LogP contribution in [-0.4, -0.2) is 13.4 Å². The van der Waals surface area contributed by atoms with E-state index in [9.17, 15) is 12.8 Å². The van der Waals surface area contributed by atoms with E-state index in [4.69, 9.17) is 0 Å². The molecular weight excluding hydrogens is 291 g/mol. The van der Waals surface area contributed by atoms with E-state index in [1.165, 1.54) is 12.3 Å². The Morgan fingerprint density at radius 2 is 1.95 bits per heavy atom. The number of aryl methyl sites for hydroxylation is 2. The van der Waals surface area contributed by atoms with Gasteiger partial charge in [0, 0.05) is 12.2 Å². The lowest BCUT2D eigenvalue weighted by Gasteiger charge is -2.17. The van der Waals surface area contributed by atoms with Gasteiger partial charge in [-0.1, -0.05) is 23.8 Å². The Hall–Kier alpha value is -1.79. The number of sulfonamides is 1. The minimum atomic E-state index is -4.00. The highest BCUT2D eigenvalue weighted by Crippen LogP contribution is 2.21. The lowest BCUT2D eigenvalue weighted by molar-refractivity contribution is 0.535. The Labute approximate surface area is 124 Å². The van der Waals surface area contributed by atoms with Gasteiger partial charge in [0.05, 0.1) is 0 Å². The number of aromatic nitrogens is 1. The largest absolute Gasteiger partial charge is 0.261 e. The van der Waals surface area contributed by atoms with Crippen molar-refractivity contribution in [2.24, 2.45) is 0 Å². The van der Waals surface area contributed by atoms with E-state index in [0.717, 1.165) is 22.8 Å². The van der Waals surface area contributed by atoms with E-state index in [2.05, 4.69) is 9.71 Å². The second kappa shape index (κ2) is 5.91. The van der Waals surface area contributed by atoms with Crippen LogP contribution < -0.4 is 4.72 Å². The third-order valence-corrected chi connectivity index (χ3v) is 4.69. The molecule has 0 saturated carbocycles. The molecule has 1 aromatic carbocycles. The maximum Gasteiger partial charge on any atom is 0.261 e. The van der Waals surface area contributed by atoms with E-state index >= 15 is 0 Å². The van der Waals surface area contributed by atoms with Gasteiger partial charge in [-0.2, -0.15) is 0 Å². The minimum absolute atomic E-state index is 0.476. The molecule has 1 N–H and O–H groups in total. The summed E-state index contributed by atoms with van der Waals surface area (Å²) in [7, 11) is -4.00. The topological polar surface area (TPSA) is 59.1 Å². The molecule has 0 aliphatic rings. The number of hydrogen-bond donors (Lipinski definition) is 1. The van der Waals surface area contributed by atoms with Crippen molar-refractivity contribution in [3.05, 3.63) is 59.0 Å². The molecule has 0 aliphatic carbocycles. The number of hydrogen-bond acceptors (Lipinski definition) is 3. The Kier molecular flexibility index (Phi) is 4.39. The van der Waals surface area contributed by atoms with Gasteiger partial charge in [0.25, 0.3) is 10.0 Å². The van der Waals surface area contributed by atoms with Crippen LogP contribution in [0.25, 0.3) is 0 Å². The highest BCUT2D eigenvalue weighted by Gasteiger charge is 2.23. The zero-order chi connectivity index (χ0) is 15.6. The van der Waals surface area contributed by atoms with Crippen molar-refractivity contribution in [3.63, 3.8) is 0 Å². The molecule has 1 unspecified atom stereocenters. The van der Waals surface area contributed by atoms with Crippen molar-refractivity contribution >= 4 is 10.0 Å². The van der Waals surface area contributed by atoms with Crippen molar-refractivity contribution in [2.75, 3.05) is 0 Å². The minimum Gasteiger partial charge on any atom is -0.241 e. The normalized spacial score (nSPS) is 13.1. The maximum absolute atomic E-state index is 13.6. The van der Waals surface area contributed by atoms with Gasteiger partial charge < -0.3 is 0 Å². The van der Waals surface area contributed by atoms with Crippen LogP contribution in [-0.2, 0) is 10.0 Å². The van der Waals surface area contributed by atoms with Gasteiger partial charge in [0.15, 0.2) is 5.82 Å². The first-order valence-electron chi connectivity index (χ1n) is 6.51. The van der Waals surface area contributed by atoms with Gasteiger partial charge in [-0.05, 0) is 44.0 Å². The van der Waals surface area contributed by atoms with Crippen LogP contribution in [0, 0.1) is 19.7 Å². The van der Waals surface area contributed by atoms with Gasteiger partial charge in [-0.25, -0.2) is 22.5 Å². The highest BCUT2D eigenvalue weighted by molar-refractivity contribution is 7.89. The SMILES string of the molecule is Cc1ccc(C)c(C(C)NS(=O)(=O)c2ncccc2F)c1. The zero-order valence-electron chi connectivity index (χ0n) is 12.1. The average molecular weight is 308 g/mol. The number of nitrogens with zero attached hydrogens (tertiary/aromatic N) is 1. The molecule has 21 heavy (non-hydrogen) atoms. The summed E-state index contributed by atoms with van der Waals surface area (Å²) in [6, 6.07) is 7.75. The monoisotopic (exact) mass is 308 g/mol. The first-order chi connectivity index (χ1) is 9.81. The molecule has 2 rings (SSSR count). The van der Waals surface area contributed by atoms with Gasteiger partial charge in [-0.15, -0.1) is 0 Å². The fourth-order valence-corrected chi connectivity index (χ4v) is 3.38. The number of halogens is 1. The van der Waals surface area contributed by atoms with Crippen molar-refractivity contribution in [1.29, 1.82) is 0 Å². The molecule has 6 heteroatoms. The van der Waals surface area contributed by atoms with Crippen LogP contribution in [0.2, 0.25) is 0 Å². The van der Waals surface area contributed by atoms with E-state index in [1.54, 1.807) is 6.92 Å². The third kappa shape index (κ3) is 3.46. The molecule has 1 atom stereocenters. The summed E-state index contributed by atoms with van der Waals surface area (Å²) in [6.07, 6.45) is 1.25. The number of rotatable bonds is 4. The second-order valence-electron chi connectivity index (χ2n) is 4.99. The van der Waals surface area contributed by atoms with E-state index in [1.807, 2.05) is 32.0 Å². The molecule has 2 aromatic rings. The summed E-state index contributed by atoms with van der Waals surface area (Å²) >= 11 is 0. The average Bonchev–Trinajstić information content (AvgIpc) is 2.41. The Bertz CT molecular complexity index is 760. The fraction of sp³-hybridized carbons (Fsp3) is 0.267. The predicted molar refractivity (Wildman–Crippen MR) is 78.8 cm³/mol. The Morgan fingerprint density at radius 1 is 1.24 bits per heavy atom. The van der Waals surface area contributed by atoms with Crippen molar-refractivity contribution in [1.82, 2.24) is 9.71 Å². The van der Waals surface area contributed by atoms with Crippen molar-refractivity contribution < 1.29 is 12.8 Å². The number of benzene rings is 1. The van der Waals surface area contributed by atoms with E-state index in [-0.39, 0.29) is 0 Å². The third-order valence-electron chi connectivity index (χ3n) is 3.21. The van der Waals surface area contributed by atoms with Crippen LogP contribution >= 0.6 is 0 Å². The molecule has 1 aromatic heterocycles. The summed E-state index contributed by atoms with van der Waals surface area (Å²) in [5.41, 5.74) is 2.86. The molecular formula is C15H17FN2O2S. The molecule has 0 amide bonds. The molecule has 1 heterocycles.